The third-order valence-corrected chi connectivity index (χ3v) is 8.13. The Morgan fingerprint density at radius 1 is 0.786 bits per heavy atom. The fourth-order valence-corrected chi connectivity index (χ4v) is 4.80. The average Bonchev–Trinajstić information content (AvgIpc) is 2.96. The molecule has 2 rings (SSSR count). The summed E-state index contributed by atoms with van der Waals surface area (Å²) in [5.41, 5.74) is 9.30. The first-order valence-electron chi connectivity index (χ1n) is 14.3. The number of esters is 2. The Hall–Kier alpha value is -2.26. The molecule has 0 aliphatic heterocycles. The van der Waals surface area contributed by atoms with Gasteiger partial charge in [0, 0.05) is 12.1 Å². The van der Waals surface area contributed by atoms with Crippen LogP contribution in [0, 0.1) is 0 Å². The molecule has 0 aliphatic rings. The minimum Gasteiger partial charge on any atom is -0.465 e. The van der Waals surface area contributed by atoms with Crippen LogP contribution in [0.2, 0.25) is 0 Å². The van der Waals surface area contributed by atoms with Gasteiger partial charge in [0.1, 0.15) is 0 Å². The van der Waals surface area contributed by atoms with E-state index in [1.807, 2.05) is 45.0 Å². The van der Waals surface area contributed by atoms with E-state index in [1.165, 1.54) is 27.1 Å². The number of nitrogens with one attached hydrogen (secondary N) is 1. The summed E-state index contributed by atoms with van der Waals surface area (Å²) < 4.78 is 24.7. The van der Waals surface area contributed by atoms with Gasteiger partial charge in [0.05, 0.1) is 41.1 Å². The van der Waals surface area contributed by atoms with Crippen LogP contribution in [-0.4, -0.2) is 35.1 Å². The Kier molecular flexibility index (Phi) is 22.2. The van der Waals surface area contributed by atoms with Crippen LogP contribution in [0.5, 0.6) is 0 Å². The monoisotopic (exact) mass is 626 g/mol. The van der Waals surface area contributed by atoms with Crippen LogP contribution in [0.1, 0.15) is 137 Å². The lowest BCUT2D eigenvalue weighted by atomic mass is 10.00. The van der Waals surface area contributed by atoms with Crippen LogP contribution in [0.4, 0.5) is 0 Å². The number of nitrogens with two attached hydrogens (primary N) is 1. The minimum absolute atomic E-state index is 0. The molecular weight excluding hydrogens is 572 g/mol. The van der Waals surface area contributed by atoms with Gasteiger partial charge in [-0.1, -0.05) is 84.1 Å². The third-order valence-electron chi connectivity index (χ3n) is 6.51. The normalized spacial score (nSPS) is 12.8. The maximum absolute atomic E-state index is 12.4. The van der Waals surface area contributed by atoms with Crippen molar-refractivity contribution in [3.05, 3.63) is 70.8 Å². The largest absolute Gasteiger partial charge is 0.465 e. The van der Waals surface area contributed by atoms with E-state index in [4.69, 9.17) is 10.5 Å². The van der Waals surface area contributed by atoms with Crippen molar-refractivity contribution < 1.29 is 23.3 Å². The number of carbonyl (C=O) groups is 2. The highest BCUT2D eigenvalue weighted by atomic mass is 35.5. The molecule has 0 radical (unpaired) electrons. The lowest BCUT2D eigenvalue weighted by molar-refractivity contribution is 0.0592. The molecule has 3 atom stereocenters. The number of carbonyl (C=O) groups excluding carboxylic acids is 2. The van der Waals surface area contributed by atoms with E-state index in [0.717, 1.165) is 49.7 Å². The Morgan fingerprint density at radius 2 is 1.19 bits per heavy atom. The first-order valence-corrected chi connectivity index (χ1v) is 15.4. The minimum atomic E-state index is -1.13. The number of methoxy groups -OCH3 is 2. The average molecular weight is 627 g/mol. The number of hydrogen-bond acceptors (Lipinski definition) is 6. The van der Waals surface area contributed by atoms with Gasteiger partial charge in [0.2, 0.25) is 0 Å². The van der Waals surface area contributed by atoms with Crippen molar-refractivity contribution in [1.29, 1.82) is 0 Å². The SMILES string of the molecule is C.CCCCC[C@@H](N)c1ccc(C(=O)OC)cc1.CCCCC[C@@H](NS(=O)C(C)(C)C)c1ccc(C(=O)OC)cc1.Cl. The highest BCUT2D eigenvalue weighted by Gasteiger charge is 2.23. The third kappa shape index (κ3) is 15.3. The van der Waals surface area contributed by atoms with Crippen molar-refractivity contribution in [2.75, 3.05) is 14.2 Å². The summed E-state index contributed by atoms with van der Waals surface area (Å²) in [6.07, 6.45) is 8.86. The molecule has 0 heterocycles. The second-order valence-corrected chi connectivity index (χ2v) is 12.9. The van der Waals surface area contributed by atoms with Gasteiger partial charge in [-0.25, -0.2) is 18.5 Å². The van der Waals surface area contributed by atoms with E-state index in [2.05, 4.69) is 23.3 Å². The second-order valence-electron chi connectivity index (χ2n) is 10.9. The predicted molar refractivity (Wildman–Crippen MR) is 179 cm³/mol. The molecule has 2 aromatic rings. The van der Waals surface area contributed by atoms with Crippen LogP contribution in [0.25, 0.3) is 0 Å². The van der Waals surface area contributed by atoms with Crippen LogP contribution in [0.15, 0.2) is 48.5 Å². The Labute approximate surface area is 263 Å². The fraction of sp³-hybridized carbons (Fsp3) is 0.576. The molecule has 42 heavy (non-hydrogen) atoms. The van der Waals surface area contributed by atoms with Gasteiger partial charge in [-0.05, 0) is 69.0 Å². The smallest absolute Gasteiger partial charge is 0.337 e. The van der Waals surface area contributed by atoms with E-state index in [9.17, 15) is 13.8 Å². The molecule has 9 heteroatoms. The van der Waals surface area contributed by atoms with E-state index >= 15 is 0 Å². The maximum atomic E-state index is 12.4. The molecule has 0 spiro atoms. The zero-order valence-electron chi connectivity index (χ0n) is 25.9. The molecule has 7 nitrogen and oxygen atoms in total. The fourth-order valence-electron chi connectivity index (χ4n) is 3.93. The Bertz CT molecular complexity index is 1040. The molecule has 1 unspecified atom stereocenters. The van der Waals surface area contributed by atoms with Gasteiger partial charge in [-0.2, -0.15) is 0 Å². The van der Waals surface area contributed by atoms with Gasteiger partial charge in [-0.3, -0.25) is 0 Å². The van der Waals surface area contributed by atoms with Crippen LogP contribution >= 0.6 is 12.4 Å². The highest BCUT2D eigenvalue weighted by Crippen LogP contribution is 2.24. The molecule has 240 valence electrons. The topological polar surface area (TPSA) is 108 Å². The van der Waals surface area contributed by atoms with Crippen molar-refractivity contribution in [2.24, 2.45) is 5.73 Å². The van der Waals surface area contributed by atoms with Crippen LogP contribution in [0.3, 0.4) is 0 Å². The van der Waals surface area contributed by atoms with Crippen LogP contribution in [-0.2, 0) is 20.5 Å². The van der Waals surface area contributed by atoms with Crippen molar-refractivity contribution in [3.63, 3.8) is 0 Å². The molecule has 0 aromatic heterocycles. The summed E-state index contributed by atoms with van der Waals surface area (Å²) in [6.45, 7) is 10.2. The summed E-state index contributed by atoms with van der Waals surface area (Å²) in [5, 5.41) is 0. The summed E-state index contributed by atoms with van der Waals surface area (Å²) in [6, 6.07) is 14.8. The summed E-state index contributed by atoms with van der Waals surface area (Å²) in [4.78, 5) is 22.8. The van der Waals surface area contributed by atoms with Crippen molar-refractivity contribution >= 4 is 35.3 Å². The lowest BCUT2D eigenvalue weighted by Crippen LogP contribution is -2.35. The Balaban J connectivity index is 0. The van der Waals surface area contributed by atoms with Gasteiger partial charge >= 0.3 is 11.9 Å². The van der Waals surface area contributed by atoms with E-state index in [-0.39, 0.29) is 48.6 Å². The summed E-state index contributed by atoms with van der Waals surface area (Å²) >= 11 is 0. The zero-order chi connectivity index (χ0) is 30.1. The number of unbranched alkanes of at least 4 members (excludes halogenated alkanes) is 4. The molecule has 0 amide bonds. The summed E-state index contributed by atoms with van der Waals surface area (Å²) in [5.74, 6) is -0.651. The number of rotatable bonds is 14. The molecule has 0 aliphatic carbocycles. The number of ether oxygens (including phenoxy) is 2. The lowest BCUT2D eigenvalue weighted by Gasteiger charge is -2.24. The van der Waals surface area contributed by atoms with Crippen molar-refractivity contribution in [2.45, 2.75) is 110 Å². The van der Waals surface area contributed by atoms with Gasteiger partial charge in [-0.15, -0.1) is 12.4 Å². The van der Waals surface area contributed by atoms with Crippen molar-refractivity contribution in [1.82, 2.24) is 4.72 Å². The van der Waals surface area contributed by atoms with Gasteiger partial charge in [0.25, 0.3) is 0 Å². The molecule has 0 fully saturated rings. The van der Waals surface area contributed by atoms with Gasteiger partial charge < -0.3 is 15.2 Å². The summed E-state index contributed by atoms with van der Waals surface area (Å²) in [7, 11) is 1.62. The quantitative estimate of drug-likeness (QED) is 0.161. The number of benzene rings is 2. The second kappa shape index (κ2) is 22.3. The van der Waals surface area contributed by atoms with E-state index < -0.39 is 11.0 Å². The highest BCUT2D eigenvalue weighted by molar-refractivity contribution is 7.84. The van der Waals surface area contributed by atoms with Crippen molar-refractivity contribution in [3.8, 4) is 0 Å². The van der Waals surface area contributed by atoms with Gasteiger partial charge in [0.15, 0.2) is 0 Å². The number of hydrogen-bond donors (Lipinski definition) is 2. The van der Waals surface area contributed by atoms with E-state index in [0.29, 0.717) is 11.1 Å². The molecular formula is C33H55ClN2O5S. The molecule has 3 N–H and O–H groups in total. The molecule has 2 aromatic carbocycles. The maximum Gasteiger partial charge on any atom is 0.337 e. The first kappa shape index (κ1) is 41.9. The standard InChI is InChI=1S/C18H29NO3S.C14H21NO2.CH4.ClH/c1-6-7-8-9-16(19-23(21)18(2,3)4)14-10-12-15(13-11-14)17(20)22-5;1-3-4-5-6-13(15)11-7-9-12(10-8-11)14(16)17-2;;/h10-13,16,19H,6-9H2,1-5H3;7-10,13H,3-6,15H2,1-2H3;1H4;1H/t16-,23?;13-;;/m11../s1. The van der Waals surface area contributed by atoms with E-state index in [1.54, 1.807) is 24.3 Å². The predicted octanol–water partition coefficient (Wildman–Crippen LogP) is 8.26. The first-order chi connectivity index (χ1) is 19.0. The zero-order valence-corrected chi connectivity index (χ0v) is 27.5. The number of halogens is 1. The Morgan fingerprint density at radius 3 is 1.57 bits per heavy atom. The van der Waals surface area contributed by atoms with Crippen LogP contribution < -0.4 is 10.5 Å². The molecule has 0 saturated heterocycles. The molecule has 0 saturated carbocycles. The molecule has 0 bridgehead atoms.